The molecule has 7 heteroatoms. The van der Waals surface area contributed by atoms with Gasteiger partial charge in [-0.1, -0.05) is 38.5 Å². The molecule has 90 valence electrons. The van der Waals surface area contributed by atoms with Crippen LogP contribution in [0.4, 0.5) is 0 Å². The molecule has 0 aromatic rings. The first-order valence-corrected chi connectivity index (χ1v) is 6.12. The van der Waals surface area contributed by atoms with E-state index in [1.54, 1.807) is 0 Å². The Balaban J connectivity index is 0.000000280. The molecule has 0 radical (unpaired) electrons. The second-order valence-corrected chi connectivity index (χ2v) is 4.18. The highest BCUT2D eigenvalue weighted by atomic mass is 32.3. The third kappa shape index (κ3) is 13.3. The third-order valence-corrected chi connectivity index (χ3v) is 1.98. The zero-order valence-corrected chi connectivity index (χ0v) is 9.46. The Bertz CT molecular complexity index is 255. The lowest BCUT2D eigenvalue weighted by atomic mass is 10.0. The van der Waals surface area contributed by atoms with Gasteiger partial charge in [0.1, 0.15) is 0 Å². The van der Waals surface area contributed by atoms with Crippen molar-refractivity contribution in [3.05, 3.63) is 0 Å². The molecule has 0 aromatic carbocycles. The highest BCUT2D eigenvalue weighted by molar-refractivity contribution is 7.80. The Morgan fingerprint density at radius 2 is 1.40 bits per heavy atom. The minimum Gasteiger partial charge on any atom is -0.280 e. The lowest BCUT2D eigenvalue weighted by Crippen LogP contribution is -2.07. The van der Waals surface area contributed by atoms with E-state index in [1.165, 1.54) is 38.5 Å². The molecule has 0 atom stereocenters. The molecular weight excluding hydrogens is 224 g/mol. The van der Waals surface area contributed by atoms with Crippen LogP contribution in [0.5, 0.6) is 0 Å². The number of carbonyl (C=O) groups excluding carboxylic acids is 1. The van der Waals surface area contributed by atoms with E-state index < -0.39 is 16.4 Å². The number of hydrogen-bond donors (Lipinski definition) is 1. The highest BCUT2D eigenvalue weighted by Gasteiger charge is 2.06. The van der Waals surface area contributed by atoms with Crippen molar-refractivity contribution in [2.45, 2.75) is 45.4 Å². The van der Waals surface area contributed by atoms with Crippen molar-refractivity contribution >= 4 is 16.4 Å². The molecule has 1 saturated carbocycles. The summed E-state index contributed by atoms with van der Waals surface area (Å²) in [6.45, 7) is 0.922. The normalized spacial score (nSPS) is 16.1. The topological polar surface area (TPSA) is 89.9 Å². The summed E-state index contributed by atoms with van der Waals surface area (Å²) >= 11 is 0. The van der Waals surface area contributed by atoms with Crippen LogP contribution in [-0.2, 0) is 24.4 Å². The summed E-state index contributed by atoms with van der Waals surface area (Å²) < 4.78 is 30.1. The van der Waals surface area contributed by atoms with Gasteiger partial charge in [-0.15, -0.1) is 0 Å². The van der Waals surface area contributed by atoms with E-state index in [0.29, 0.717) is 0 Å². The fraction of sp³-hybridized carbons (Fsp3) is 0.875. The van der Waals surface area contributed by atoms with Gasteiger partial charge in [0.15, 0.2) is 0 Å². The van der Waals surface area contributed by atoms with Crippen LogP contribution < -0.4 is 0 Å². The molecule has 0 saturated heterocycles. The van der Waals surface area contributed by atoms with E-state index in [9.17, 15) is 13.2 Å². The second kappa shape index (κ2) is 7.61. The molecule has 0 unspecified atom stereocenters. The molecule has 0 heterocycles. The van der Waals surface area contributed by atoms with Crippen LogP contribution in [0.15, 0.2) is 0 Å². The Morgan fingerprint density at radius 1 is 1.07 bits per heavy atom. The molecule has 6 nitrogen and oxygen atoms in total. The first-order chi connectivity index (χ1) is 6.92. The van der Waals surface area contributed by atoms with Crippen LogP contribution in [-0.4, -0.2) is 18.9 Å². The second-order valence-electron chi connectivity index (χ2n) is 3.19. The highest BCUT2D eigenvalue weighted by Crippen LogP contribution is 2.15. The fourth-order valence-corrected chi connectivity index (χ4v) is 1.33. The maximum Gasteiger partial charge on any atom is 0.432 e. The van der Waals surface area contributed by atoms with Gasteiger partial charge in [0.05, 0.1) is 0 Å². The molecule has 0 spiro atoms. The minimum absolute atomic E-state index is 0.922. The van der Waals surface area contributed by atoms with Gasteiger partial charge in [0, 0.05) is 6.92 Å². The lowest BCUT2D eigenvalue weighted by Gasteiger charge is -2.05. The molecule has 0 bridgehead atoms. The van der Waals surface area contributed by atoms with Crippen molar-refractivity contribution in [3.63, 3.8) is 0 Å². The molecular formula is C8H16O6S. The standard InChI is InChI=1S/C6H12.C2H4O6S/c1-2-4-6-5-3-1;1-2(3)7-8-9(4,5)6/h1-6H2;1H3,(H,4,5,6). The van der Waals surface area contributed by atoms with Crippen molar-refractivity contribution in [1.82, 2.24) is 0 Å². The predicted octanol–water partition coefficient (Wildman–Crippen LogP) is 1.62. The van der Waals surface area contributed by atoms with Gasteiger partial charge in [-0.05, 0) is 4.33 Å². The minimum atomic E-state index is -4.66. The zero-order chi connectivity index (χ0) is 11.7. The summed E-state index contributed by atoms with van der Waals surface area (Å²) in [6, 6.07) is 0. The smallest absolute Gasteiger partial charge is 0.280 e. The van der Waals surface area contributed by atoms with E-state index in [2.05, 4.69) is 9.22 Å². The summed E-state index contributed by atoms with van der Waals surface area (Å²) in [5.41, 5.74) is 0. The number of hydrogen-bond acceptors (Lipinski definition) is 5. The summed E-state index contributed by atoms with van der Waals surface area (Å²) in [6.07, 6.45) is 9.00. The van der Waals surface area contributed by atoms with E-state index in [0.717, 1.165) is 6.92 Å². The van der Waals surface area contributed by atoms with Gasteiger partial charge >= 0.3 is 16.4 Å². The molecule has 15 heavy (non-hydrogen) atoms. The van der Waals surface area contributed by atoms with E-state index in [1.807, 2.05) is 0 Å². The van der Waals surface area contributed by atoms with Crippen molar-refractivity contribution in [2.24, 2.45) is 0 Å². The summed E-state index contributed by atoms with van der Waals surface area (Å²) in [5, 5.41) is 0. The Labute approximate surface area is 89.4 Å². The molecule has 0 aliphatic heterocycles. The summed E-state index contributed by atoms with van der Waals surface area (Å²) in [7, 11) is -4.66. The average Bonchev–Trinajstić information content (AvgIpc) is 2.18. The first kappa shape index (κ1) is 14.3. The Morgan fingerprint density at radius 3 is 1.53 bits per heavy atom. The van der Waals surface area contributed by atoms with Crippen LogP contribution in [0.3, 0.4) is 0 Å². The van der Waals surface area contributed by atoms with Crippen molar-refractivity contribution in [3.8, 4) is 0 Å². The van der Waals surface area contributed by atoms with Gasteiger partial charge in [-0.25, -0.2) is 4.79 Å². The summed E-state index contributed by atoms with van der Waals surface area (Å²) in [5.74, 6) is -0.965. The van der Waals surface area contributed by atoms with Crippen molar-refractivity contribution < 1.29 is 27.0 Å². The molecule has 1 fully saturated rings. The Hall–Kier alpha value is -0.660. The number of carbonyl (C=O) groups is 1. The maximum atomic E-state index is 9.77. The molecule has 1 rings (SSSR count). The van der Waals surface area contributed by atoms with E-state index in [-0.39, 0.29) is 0 Å². The quantitative estimate of drug-likeness (QED) is 0.448. The van der Waals surface area contributed by atoms with Crippen LogP contribution in [0.1, 0.15) is 45.4 Å². The van der Waals surface area contributed by atoms with Crippen molar-refractivity contribution in [1.29, 1.82) is 0 Å². The zero-order valence-electron chi connectivity index (χ0n) is 8.64. The van der Waals surface area contributed by atoms with Gasteiger partial charge in [-0.2, -0.15) is 8.42 Å². The molecule has 0 amide bonds. The van der Waals surface area contributed by atoms with Gasteiger partial charge < -0.3 is 0 Å². The molecule has 0 aromatic heterocycles. The van der Waals surface area contributed by atoms with Crippen molar-refractivity contribution in [2.75, 3.05) is 0 Å². The number of rotatable bonds is 2. The van der Waals surface area contributed by atoms with Crippen LogP contribution in [0, 0.1) is 0 Å². The predicted molar refractivity (Wildman–Crippen MR) is 52.1 cm³/mol. The molecule has 1 N–H and O–H groups in total. The van der Waals surface area contributed by atoms with Crippen LogP contribution in [0.25, 0.3) is 0 Å². The van der Waals surface area contributed by atoms with Gasteiger partial charge in [0.25, 0.3) is 0 Å². The average molecular weight is 240 g/mol. The molecule has 1 aliphatic rings. The lowest BCUT2D eigenvalue weighted by molar-refractivity contribution is -0.211. The van der Waals surface area contributed by atoms with Crippen LogP contribution >= 0.6 is 0 Å². The SMILES string of the molecule is C1CCCCC1.CC(=O)OOS(=O)(=O)O. The molecule has 1 aliphatic carbocycles. The fourth-order valence-electron chi connectivity index (χ4n) is 1.15. The largest absolute Gasteiger partial charge is 0.432 e. The summed E-state index contributed by atoms with van der Waals surface area (Å²) in [4.78, 5) is 13.2. The first-order valence-electron chi connectivity index (χ1n) is 4.76. The van der Waals surface area contributed by atoms with E-state index >= 15 is 0 Å². The third-order valence-electron chi connectivity index (χ3n) is 1.74. The van der Waals surface area contributed by atoms with Gasteiger partial charge in [0.2, 0.25) is 0 Å². The van der Waals surface area contributed by atoms with Gasteiger partial charge in [-0.3, -0.25) is 9.44 Å². The monoisotopic (exact) mass is 240 g/mol. The maximum absolute atomic E-state index is 9.77. The Kier molecular flexibility index (Phi) is 7.27. The van der Waals surface area contributed by atoms with Crippen LogP contribution in [0.2, 0.25) is 0 Å². The van der Waals surface area contributed by atoms with E-state index in [4.69, 9.17) is 4.55 Å².